The van der Waals surface area contributed by atoms with Crippen molar-refractivity contribution in [3.05, 3.63) is 16.7 Å². The van der Waals surface area contributed by atoms with E-state index >= 15 is 0 Å². The van der Waals surface area contributed by atoms with Gasteiger partial charge < -0.3 is 24.6 Å². The molecule has 1 aromatic heterocycles. The molecule has 4 heterocycles. The van der Waals surface area contributed by atoms with Gasteiger partial charge in [0.1, 0.15) is 17.7 Å². The molecule has 0 saturated carbocycles. The van der Waals surface area contributed by atoms with Gasteiger partial charge in [0.2, 0.25) is 0 Å². The standard InChI is InChI=1S/C19H27N5O2/c1-23-5-4-15-16(11-20)19(24-6-9-25-10-7-24)22-18(17(15)13-23)21-12-14-3-2-8-26-14/h14H,2-10,12-13H2,1H3,(H,21,22)/t14-/m1/s1. The predicted octanol–water partition coefficient (Wildman–Crippen LogP) is 1.37. The van der Waals surface area contributed by atoms with Crippen LogP contribution >= 0.6 is 0 Å². The van der Waals surface area contributed by atoms with Gasteiger partial charge in [-0.1, -0.05) is 0 Å². The number of likely N-dealkylation sites (N-methyl/N-ethyl adjacent to an activating group) is 1. The van der Waals surface area contributed by atoms with Crippen LogP contribution in [0.15, 0.2) is 0 Å². The number of ether oxygens (including phenoxy) is 2. The zero-order valence-corrected chi connectivity index (χ0v) is 15.5. The first kappa shape index (κ1) is 17.5. The summed E-state index contributed by atoms with van der Waals surface area (Å²) < 4.78 is 11.2. The summed E-state index contributed by atoms with van der Waals surface area (Å²) in [6, 6.07) is 2.44. The summed E-state index contributed by atoms with van der Waals surface area (Å²) in [6.07, 6.45) is 3.38. The minimum Gasteiger partial charge on any atom is -0.378 e. The molecule has 3 aliphatic rings. The maximum Gasteiger partial charge on any atom is 0.149 e. The summed E-state index contributed by atoms with van der Waals surface area (Å²) in [7, 11) is 2.12. The third-order valence-corrected chi connectivity index (χ3v) is 5.51. The first-order chi connectivity index (χ1) is 12.8. The van der Waals surface area contributed by atoms with Gasteiger partial charge in [0.05, 0.1) is 24.9 Å². The van der Waals surface area contributed by atoms with Crippen molar-refractivity contribution in [2.45, 2.75) is 31.9 Å². The fourth-order valence-corrected chi connectivity index (χ4v) is 4.04. The normalized spacial score (nSPS) is 23.5. The van der Waals surface area contributed by atoms with Crippen LogP contribution in [0.4, 0.5) is 11.6 Å². The Labute approximate surface area is 154 Å². The second-order valence-corrected chi connectivity index (χ2v) is 7.33. The second kappa shape index (κ2) is 7.78. The number of nitrogens with zero attached hydrogens (tertiary/aromatic N) is 4. The zero-order chi connectivity index (χ0) is 17.9. The Morgan fingerprint density at radius 3 is 2.81 bits per heavy atom. The molecule has 3 aliphatic heterocycles. The van der Waals surface area contributed by atoms with Gasteiger partial charge in [-0.05, 0) is 31.9 Å². The van der Waals surface area contributed by atoms with Gasteiger partial charge in [-0.25, -0.2) is 4.98 Å². The molecule has 2 fully saturated rings. The minimum absolute atomic E-state index is 0.260. The predicted molar refractivity (Wildman–Crippen MR) is 99.5 cm³/mol. The number of morpholine rings is 1. The molecule has 2 saturated heterocycles. The first-order valence-electron chi connectivity index (χ1n) is 9.59. The first-order valence-corrected chi connectivity index (χ1v) is 9.59. The van der Waals surface area contributed by atoms with Gasteiger partial charge in [0, 0.05) is 44.9 Å². The van der Waals surface area contributed by atoms with Crippen LogP contribution in [0.5, 0.6) is 0 Å². The molecule has 0 bridgehead atoms. The summed E-state index contributed by atoms with van der Waals surface area (Å²) in [5.41, 5.74) is 3.08. The molecule has 7 heteroatoms. The topological polar surface area (TPSA) is 73.7 Å². The van der Waals surface area contributed by atoms with E-state index in [9.17, 15) is 5.26 Å². The van der Waals surface area contributed by atoms with Gasteiger partial charge >= 0.3 is 0 Å². The van der Waals surface area contributed by atoms with Crippen LogP contribution in [0.1, 0.15) is 29.5 Å². The van der Waals surface area contributed by atoms with E-state index in [0.29, 0.717) is 13.2 Å². The van der Waals surface area contributed by atoms with E-state index in [2.05, 4.69) is 28.2 Å². The van der Waals surface area contributed by atoms with Crippen LogP contribution in [0.2, 0.25) is 0 Å². The highest BCUT2D eigenvalue weighted by molar-refractivity contribution is 5.67. The molecule has 0 aliphatic carbocycles. The Hall–Kier alpha value is -1.88. The van der Waals surface area contributed by atoms with Crippen molar-refractivity contribution < 1.29 is 9.47 Å². The third-order valence-electron chi connectivity index (χ3n) is 5.51. The van der Waals surface area contributed by atoms with Crippen molar-refractivity contribution in [3.8, 4) is 6.07 Å². The highest BCUT2D eigenvalue weighted by Gasteiger charge is 2.27. The van der Waals surface area contributed by atoms with Crippen molar-refractivity contribution in [1.82, 2.24) is 9.88 Å². The number of rotatable bonds is 4. The average Bonchev–Trinajstić information content (AvgIpc) is 3.20. The molecule has 0 aromatic carbocycles. The number of nitrogens with one attached hydrogen (secondary N) is 1. The van der Waals surface area contributed by atoms with Crippen molar-refractivity contribution in [2.24, 2.45) is 0 Å². The SMILES string of the molecule is CN1CCc2c(C#N)c(N3CCOCC3)nc(NC[C@H]3CCCO3)c2C1. The van der Waals surface area contributed by atoms with Gasteiger partial charge in [0.15, 0.2) is 0 Å². The Balaban J connectivity index is 1.69. The smallest absolute Gasteiger partial charge is 0.149 e. The molecule has 0 radical (unpaired) electrons. The fraction of sp³-hybridized carbons (Fsp3) is 0.684. The Kier molecular flexibility index (Phi) is 5.25. The lowest BCUT2D eigenvalue weighted by molar-refractivity contribution is 0.120. The Morgan fingerprint density at radius 2 is 2.08 bits per heavy atom. The van der Waals surface area contributed by atoms with Crippen molar-refractivity contribution >= 4 is 11.6 Å². The number of nitriles is 1. The average molecular weight is 357 g/mol. The Bertz CT molecular complexity index is 690. The third kappa shape index (κ3) is 3.50. The number of aromatic nitrogens is 1. The minimum atomic E-state index is 0.260. The van der Waals surface area contributed by atoms with E-state index in [-0.39, 0.29) is 6.10 Å². The van der Waals surface area contributed by atoms with E-state index in [1.807, 2.05) is 0 Å². The van der Waals surface area contributed by atoms with E-state index in [0.717, 1.165) is 81.4 Å². The van der Waals surface area contributed by atoms with Crippen molar-refractivity contribution in [1.29, 1.82) is 5.26 Å². The number of anilines is 2. The van der Waals surface area contributed by atoms with Crippen LogP contribution in [0.3, 0.4) is 0 Å². The van der Waals surface area contributed by atoms with Crippen molar-refractivity contribution in [3.63, 3.8) is 0 Å². The van der Waals surface area contributed by atoms with Gasteiger partial charge in [-0.15, -0.1) is 0 Å². The van der Waals surface area contributed by atoms with Crippen LogP contribution in [0.25, 0.3) is 0 Å². The molecule has 4 rings (SSSR count). The molecule has 1 atom stereocenters. The van der Waals surface area contributed by atoms with E-state index in [1.54, 1.807) is 0 Å². The monoisotopic (exact) mass is 357 g/mol. The maximum absolute atomic E-state index is 9.86. The molecule has 140 valence electrons. The van der Waals surface area contributed by atoms with Crippen LogP contribution in [-0.2, 0) is 22.4 Å². The summed E-state index contributed by atoms with van der Waals surface area (Å²) in [5.74, 6) is 1.73. The molecule has 0 amide bonds. The summed E-state index contributed by atoms with van der Waals surface area (Å²) in [5, 5.41) is 13.4. The lowest BCUT2D eigenvalue weighted by Gasteiger charge is -2.33. The van der Waals surface area contributed by atoms with Gasteiger partial charge in [-0.3, -0.25) is 0 Å². The second-order valence-electron chi connectivity index (χ2n) is 7.33. The largest absolute Gasteiger partial charge is 0.378 e. The van der Waals surface area contributed by atoms with Crippen LogP contribution < -0.4 is 10.2 Å². The number of hydrogen-bond acceptors (Lipinski definition) is 7. The molecule has 7 nitrogen and oxygen atoms in total. The molecular formula is C19H27N5O2. The van der Waals surface area contributed by atoms with E-state index < -0.39 is 0 Å². The summed E-state index contributed by atoms with van der Waals surface area (Å²) >= 11 is 0. The highest BCUT2D eigenvalue weighted by Crippen LogP contribution is 2.33. The fourth-order valence-electron chi connectivity index (χ4n) is 4.04. The summed E-state index contributed by atoms with van der Waals surface area (Å²) in [6.45, 7) is 6.37. The highest BCUT2D eigenvalue weighted by atomic mass is 16.5. The molecule has 0 spiro atoms. The van der Waals surface area contributed by atoms with Crippen molar-refractivity contribution in [2.75, 3.05) is 63.3 Å². The summed E-state index contributed by atoms with van der Waals surface area (Å²) in [4.78, 5) is 9.41. The van der Waals surface area contributed by atoms with E-state index in [1.165, 1.54) is 5.56 Å². The molecule has 1 N–H and O–H groups in total. The van der Waals surface area contributed by atoms with Gasteiger partial charge in [-0.2, -0.15) is 5.26 Å². The molecule has 0 unspecified atom stereocenters. The van der Waals surface area contributed by atoms with E-state index in [4.69, 9.17) is 14.5 Å². The molecular weight excluding hydrogens is 330 g/mol. The zero-order valence-electron chi connectivity index (χ0n) is 15.5. The van der Waals surface area contributed by atoms with Gasteiger partial charge in [0.25, 0.3) is 0 Å². The number of pyridine rings is 1. The molecule has 26 heavy (non-hydrogen) atoms. The number of hydrogen-bond donors (Lipinski definition) is 1. The maximum atomic E-state index is 9.86. The number of fused-ring (bicyclic) bond motifs is 1. The lowest BCUT2D eigenvalue weighted by Crippen LogP contribution is -2.38. The van der Waals surface area contributed by atoms with Crippen LogP contribution in [0, 0.1) is 11.3 Å². The van der Waals surface area contributed by atoms with Crippen LogP contribution in [-0.4, -0.2) is 69.0 Å². The molecule has 1 aromatic rings. The lowest BCUT2D eigenvalue weighted by atomic mass is 9.95. The quantitative estimate of drug-likeness (QED) is 0.872. The Morgan fingerprint density at radius 1 is 1.23 bits per heavy atom.